The number of hydrogen-bond acceptors (Lipinski definition) is 8. The van der Waals surface area contributed by atoms with Gasteiger partial charge in [-0.3, -0.25) is 0 Å². The van der Waals surface area contributed by atoms with E-state index in [2.05, 4.69) is 15.3 Å². The van der Waals surface area contributed by atoms with Gasteiger partial charge >= 0.3 is 6.09 Å². The number of nitrogens with one attached hydrogen (secondary N) is 1. The average Bonchev–Trinajstić information content (AvgIpc) is 2.77. The number of hydrogen-bond donors (Lipinski definition) is 1. The molecule has 9 nitrogen and oxygen atoms in total. The maximum Gasteiger partial charge on any atom is 0.410 e. The fraction of sp³-hybridized carbons (Fsp3) is 0.455. The molecule has 34 heavy (non-hydrogen) atoms. The number of likely N-dealkylation sites (tertiary alicyclic amines) is 1. The Bertz CT molecular complexity index is 1090. The second-order valence-electron chi connectivity index (χ2n) is 8.37. The van der Waals surface area contributed by atoms with E-state index in [1.807, 2.05) is 0 Å². The Hall–Kier alpha value is -3.23. The highest BCUT2D eigenvalue weighted by molar-refractivity contribution is 6.33. The minimum Gasteiger partial charge on any atom is -0.471 e. The fourth-order valence-corrected chi connectivity index (χ4v) is 4.30. The molecule has 2 aliphatic rings. The number of carbonyl (C=O) groups excluding carboxylic acids is 1. The van der Waals surface area contributed by atoms with Gasteiger partial charge in [-0.2, -0.15) is 14.6 Å². The van der Waals surface area contributed by atoms with Crippen LogP contribution >= 0.6 is 11.6 Å². The normalized spacial score (nSPS) is 21.7. The summed E-state index contributed by atoms with van der Waals surface area (Å²) in [5.74, 6) is -2.86. The van der Waals surface area contributed by atoms with Crippen LogP contribution in [0.1, 0.15) is 19.4 Å². The topological polar surface area (TPSA) is 110 Å². The Morgan fingerprint density at radius 3 is 2.62 bits per heavy atom. The first kappa shape index (κ1) is 23.9. The van der Waals surface area contributed by atoms with E-state index in [0.29, 0.717) is 26.3 Å². The minimum atomic E-state index is -0.928. The van der Waals surface area contributed by atoms with Crippen LogP contribution in [0.2, 0.25) is 5.02 Å². The van der Waals surface area contributed by atoms with Crippen molar-refractivity contribution < 1.29 is 27.8 Å². The lowest BCUT2D eigenvalue weighted by atomic mass is 9.84. The molecule has 2 atom stereocenters. The third-order valence-corrected chi connectivity index (χ3v) is 5.82. The monoisotopic (exact) mass is 493 g/mol. The Labute approximate surface area is 199 Å². The molecule has 1 N–H and O–H groups in total. The summed E-state index contributed by atoms with van der Waals surface area (Å²) in [6.45, 7) is 4.87. The number of carbonyl (C=O) groups is 1. The molecular formula is C22H22ClF2N5O4. The predicted molar refractivity (Wildman–Crippen MR) is 117 cm³/mol. The zero-order valence-electron chi connectivity index (χ0n) is 18.4. The Kier molecular flexibility index (Phi) is 7.00. The van der Waals surface area contributed by atoms with E-state index >= 15 is 4.39 Å². The molecule has 1 aromatic heterocycles. The van der Waals surface area contributed by atoms with Crippen molar-refractivity contribution in [2.24, 2.45) is 11.8 Å². The second-order valence-corrected chi connectivity index (χ2v) is 8.78. The van der Waals surface area contributed by atoms with Crippen LogP contribution < -0.4 is 10.1 Å². The predicted octanol–water partition coefficient (Wildman–Crippen LogP) is 3.89. The highest BCUT2D eigenvalue weighted by atomic mass is 35.5. The van der Waals surface area contributed by atoms with Crippen LogP contribution in [-0.2, 0) is 9.47 Å². The molecule has 0 spiro atoms. The first-order chi connectivity index (χ1) is 16.3. The largest absolute Gasteiger partial charge is 0.471 e. The third kappa shape index (κ3) is 4.98. The molecule has 0 radical (unpaired) electrons. The van der Waals surface area contributed by atoms with E-state index in [0.717, 1.165) is 12.4 Å². The number of amides is 1. The van der Waals surface area contributed by atoms with Crippen molar-refractivity contribution in [1.82, 2.24) is 14.9 Å². The van der Waals surface area contributed by atoms with Gasteiger partial charge in [0.25, 0.3) is 5.88 Å². The summed E-state index contributed by atoms with van der Waals surface area (Å²) in [5.41, 5.74) is -0.205. The van der Waals surface area contributed by atoms with Gasteiger partial charge < -0.3 is 24.4 Å². The smallest absolute Gasteiger partial charge is 0.410 e. The molecule has 2 aromatic rings. The van der Waals surface area contributed by atoms with Gasteiger partial charge in [0.15, 0.2) is 5.82 Å². The Morgan fingerprint density at radius 1 is 1.29 bits per heavy atom. The van der Waals surface area contributed by atoms with E-state index in [-0.39, 0.29) is 45.9 Å². The summed E-state index contributed by atoms with van der Waals surface area (Å²) < 4.78 is 46.4. The first-order valence-electron chi connectivity index (χ1n) is 10.6. The van der Waals surface area contributed by atoms with Crippen molar-refractivity contribution in [3.8, 4) is 11.9 Å². The molecule has 2 bridgehead atoms. The van der Waals surface area contributed by atoms with E-state index in [1.54, 1.807) is 24.8 Å². The van der Waals surface area contributed by atoms with Gasteiger partial charge in [0.1, 0.15) is 18.2 Å². The summed E-state index contributed by atoms with van der Waals surface area (Å²) in [6, 6.07) is 4.02. The number of ether oxygens (including phenoxy) is 3. The maximum absolute atomic E-state index is 15.2. The summed E-state index contributed by atoms with van der Waals surface area (Å²) in [4.78, 5) is 21.7. The molecule has 1 aromatic carbocycles. The summed E-state index contributed by atoms with van der Waals surface area (Å²) in [5, 5.41) is 11.3. The fourth-order valence-electron chi connectivity index (χ4n) is 4.04. The lowest BCUT2D eigenvalue weighted by Crippen LogP contribution is -2.59. The van der Waals surface area contributed by atoms with Crippen molar-refractivity contribution >= 4 is 29.2 Å². The van der Waals surface area contributed by atoms with Crippen LogP contribution in [0.15, 0.2) is 18.5 Å². The molecule has 3 heterocycles. The van der Waals surface area contributed by atoms with Gasteiger partial charge in [-0.1, -0.05) is 11.6 Å². The van der Waals surface area contributed by atoms with Gasteiger partial charge in [0, 0.05) is 24.9 Å². The SMILES string of the molecule is CC(C)OC(=O)N1CC2COCC(C1)C2Oc1ncnc(Nc2c(F)cc(C#N)cc2Cl)c1F. The highest BCUT2D eigenvalue weighted by Crippen LogP contribution is 2.35. The standard InChI is InChI=1S/C22H22ClF2N5O4/c1-11(2)33-22(31)30-6-13-8-32-9-14(7-30)19(13)34-21-17(25)20(27-10-28-21)29-18-15(23)3-12(5-26)4-16(18)24/h3-4,10-11,13-14,19H,6-9H2,1-2H3,(H,27,28,29). The van der Waals surface area contributed by atoms with Gasteiger partial charge in [-0.05, 0) is 26.0 Å². The molecule has 0 aliphatic carbocycles. The van der Waals surface area contributed by atoms with Gasteiger partial charge in [-0.25, -0.2) is 14.2 Å². The highest BCUT2D eigenvalue weighted by Gasteiger charge is 2.44. The summed E-state index contributed by atoms with van der Waals surface area (Å²) in [6.07, 6.45) is -0.0267. The number of anilines is 2. The molecule has 2 unspecified atom stereocenters. The van der Waals surface area contributed by atoms with Gasteiger partial charge in [-0.15, -0.1) is 0 Å². The maximum atomic E-state index is 15.2. The van der Waals surface area contributed by atoms with Crippen LogP contribution in [0.3, 0.4) is 0 Å². The van der Waals surface area contributed by atoms with Crippen LogP contribution in [0.5, 0.6) is 5.88 Å². The Balaban J connectivity index is 1.52. The van der Waals surface area contributed by atoms with E-state index in [9.17, 15) is 9.18 Å². The molecule has 2 fully saturated rings. The first-order valence-corrected chi connectivity index (χ1v) is 11.0. The van der Waals surface area contributed by atoms with E-state index in [1.165, 1.54) is 6.07 Å². The molecule has 0 saturated carbocycles. The minimum absolute atomic E-state index is 0.0256. The van der Waals surface area contributed by atoms with Crippen LogP contribution in [-0.4, -0.2) is 59.5 Å². The summed E-state index contributed by atoms with van der Waals surface area (Å²) >= 11 is 6.04. The van der Waals surface area contributed by atoms with Crippen molar-refractivity contribution in [3.63, 3.8) is 0 Å². The van der Waals surface area contributed by atoms with Crippen molar-refractivity contribution in [3.05, 3.63) is 40.7 Å². The number of rotatable bonds is 5. The number of nitriles is 1. The molecule has 4 rings (SSSR count). The number of nitrogens with zero attached hydrogens (tertiary/aromatic N) is 4. The lowest BCUT2D eigenvalue weighted by Gasteiger charge is -2.45. The van der Waals surface area contributed by atoms with Crippen molar-refractivity contribution in [2.75, 3.05) is 31.6 Å². The zero-order valence-corrected chi connectivity index (χ0v) is 19.2. The zero-order chi connectivity index (χ0) is 24.4. The second kappa shape index (κ2) is 9.95. The number of fused-ring (bicyclic) bond motifs is 2. The van der Waals surface area contributed by atoms with Crippen LogP contribution in [0.4, 0.5) is 25.1 Å². The quantitative estimate of drug-likeness (QED) is 0.668. The average molecular weight is 494 g/mol. The van der Waals surface area contributed by atoms with E-state index in [4.69, 9.17) is 31.1 Å². The molecule has 2 saturated heterocycles. The molecule has 12 heteroatoms. The number of benzene rings is 1. The molecular weight excluding hydrogens is 472 g/mol. The number of piperidine rings is 1. The molecule has 1 amide bonds. The molecule has 2 aliphatic heterocycles. The van der Waals surface area contributed by atoms with Crippen molar-refractivity contribution in [1.29, 1.82) is 5.26 Å². The van der Waals surface area contributed by atoms with Gasteiger partial charge in [0.05, 0.1) is 41.7 Å². The van der Waals surface area contributed by atoms with Crippen LogP contribution in [0.25, 0.3) is 0 Å². The van der Waals surface area contributed by atoms with Crippen molar-refractivity contribution in [2.45, 2.75) is 26.1 Å². The lowest BCUT2D eigenvalue weighted by molar-refractivity contribution is -0.111. The van der Waals surface area contributed by atoms with Gasteiger partial charge in [0.2, 0.25) is 5.82 Å². The third-order valence-electron chi connectivity index (χ3n) is 5.52. The Morgan fingerprint density at radius 2 is 2.00 bits per heavy atom. The van der Waals surface area contributed by atoms with Crippen LogP contribution in [0, 0.1) is 34.8 Å². The van der Waals surface area contributed by atoms with E-state index < -0.39 is 23.8 Å². The molecule has 180 valence electrons. The number of aromatic nitrogens is 2. The number of halogens is 3. The summed E-state index contributed by atoms with van der Waals surface area (Å²) in [7, 11) is 0.